The molecule has 4 heteroatoms. The molecule has 0 spiro atoms. The molecular formula is C9H8IN3. The van der Waals surface area contributed by atoms with E-state index in [9.17, 15) is 0 Å². The molecule has 0 aromatic heterocycles. The van der Waals surface area contributed by atoms with Crippen molar-refractivity contribution in [2.24, 2.45) is 0 Å². The van der Waals surface area contributed by atoms with E-state index in [-0.39, 0.29) is 0 Å². The van der Waals surface area contributed by atoms with E-state index in [1.165, 1.54) is 5.56 Å². The molecule has 1 unspecified atom stereocenters. The highest BCUT2D eigenvalue weighted by Gasteiger charge is 2.24. The van der Waals surface area contributed by atoms with Gasteiger partial charge in [0.15, 0.2) is 0 Å². The Hall–Kier alpha value is -0.800. The third-order valence-electron chi connectivity index (χ3n) is 2.08. The molecule has 0 saturated carbocycles. The second-order valence-corrected chi connectivity index (χ2v) is 4.15. The van der Waals surface area contributed by atoms with E-state index in [1.807, 2.05) is 30.3 Å². The minimum absolute atomic E-state index is 0.348. The molecule has 2 rings (SSSR count). The van der Waals surface area contributed by atoms with Gasteiger partial charge in [0.1, 0.15) is 4.05 Å². The fourth-order valence-corrected chi connectivity index (χ4v) is 2.07. The molecule has 1 heterocycles. The monoisotopic (exact) mass is 285 g/mol. The Morgan fingerprint density at radius 1 is 1.62 bits per heavy atom. The number of nitriles is 1. The normalized spacial score (nSPS) is 20.5. The number of halogens is 1. The van der Waals surface area contributed by atoms with E-state index in [1.54, 1.807) is 0 Å². The first-order valence-electron chi connectivity index (χ1n) is 3.90. The minimum Gasteiger partial charge on any atom is -0.317 e. The second-order valence-electron chi connectivity index (χ2n) is 2.97. The number of alkyl halides is 1. The van der Waals surface area contributed by atoms with Gasteiger partial charge in [0, 0.05) is 12.6 Å². The van der Waals surface area contributed by atoms with Crippen LogP contribution in [0.25, 0.3) is 0 Å². The van der Waals surface area contributed by atoms with Gasteiger partial charge in [-0.15, -0.1) is 0 Å². The van der Waals surface area contributed by atoms with E-state index in [0.717, 1.165) is 5.69 Å². The van der Waals surface area contributed by atoms with Gasteiger partial charge >= 0.3 is 0 Å². The Morgan fingerprint density at radius 3 is 3.08 bits per heavy atom. The van der Waals surface area contributed by atoms with Crippen molar-refractivity contribution in [2.45, 2.75) is 4.05 Å². The summed E-state index contributed by atoms with van der Waals surface area (Å²) in [7, 11) is 1.99. The molecule has 0 aliphatic carbocycles. The van der Waals surface area contributed by atoms with Crippen LogP contribution in [-0.4, -0.2) is 12.1 Å². The van der Waals surface area contributed by atoms with E-state index >= 15 is 0 Å². The molecule has 1 aliphatic rings. The molecule has 3 nitrogen and oxygen atoms in total. The Kier molecular flexibility index (Phi) is 2.14. The van der Waals surface area contributed by atoms with Gasteiger partial charge in [-0.05, 0) is 12.1 Å². The van der Waals surface area contributed by atoms with Crippen LogP contribution in [0, 0.1) is 11.3 Å². The molecular weight excluding hydrogens is 277 g/mol. The summed E-state index contributed by atoms with van der Waals surface area (Å²) in [5.74, 6) is 0. The average Bonchev–Trinajstić information content (AvgIpc) is 2.42. The number of nitrogens with one attached hydrogen (secondary N) is 1. The molecule has 0 saturated heterocycles. The SMILES string of the molecule is CN1Nc2cc(C#N)ccc2C1I. The maximum Gasteiger partial charge on any atom is 0.107 e. The Balaban J connectivity index is 2.48. The molecule has 66 valence electrons. The summed E-state index contributed by atoms with van der Waals surface area (Å²) in [6.45, 7) is 0. The lowest BCUT2D eigenvalue weighted by Gasteiger charge is -2.12. The van der Waals surface area contributed by atoms with Crippen molar-refractivity contribution in [1.29, 1.82) is 5.26 Å². The zero-order valence-electron chi connectivity index (χ0n) is 7.08. The van der Waals surface area contributed by atoms with Crippen molar-refractivity contribution in [2.75, 3.05) is 12.5 Å². The summed E-state index contributed by atoms with van der Waals surface area (Å²) in [5.41, 5.74) is 6.18. The molecule has 1 aromatic rings. The maximum absolute atomic E-state index is 8.71. The van der Waals surface area contributed by atoms with Crippen molar-refractivity contribution < 1.29 is 0 Å². The molecule has 1 atom stereocenters. The largest absolute Gasteiger partial charge is 0.317 e. The predicted octanol–water partition coefficient (Wildman–Crippen LogP) is 2.26. The molecule has 1 N–H and O–H groups in total. The fraction of sp³-hybridized carbons (Fsp3) is 0.222. The van der Waals surface area contributed by atoms with Gasteiger partial charge in [-0.2, -0.15) is 5.26 Å². The standard InChI is InChI=1S/C9H8IN3/c1-13-9(10)7-3-2-6(5-11)4-8(7)12-13/h2-4,9,12H,1H3. The summed E-state index contributed by atoms with van der Waals surface area (Å²) in [6.07, 6.45) is 0. The van der Waals surface area contributed by atoms with Crippen LogP contribution in [-0.2, 0) is 0 Å². The smallest absolute Gasteiger partial charge is 0.107 e. The van der Waals surface area contributed by atoms with E-state index < -0.39 is 0 Å². The second kappa shape index (κ2) is 3.16. The van der Waals surface area contributed by atoms with Crippen LogP contribution in [0.15, 0.2) is 18.2 Å². The maximum atomic E-state index is 8.71. The number of nitrogens with zero attached hydrogens (tertiary/aromatic N) is 2. The lowest BCUT2D eigenvalue weighted by molar-refractivity contribution is 0.426. The van der Waals surface area contributed by atoms with Gasteiger partial charge in [-0.3, -0.25) is 0 Å². The van der Waals surface area contributed by atoms with Crippen molar-refractivity contribution in [3.63, 3.8) is 0 Å². The number of rotatable bonds is 0. The quantitative estimate of drug-likeness (QED) is 0.451. The van der Waals surface area contributed by atoms with Crippen LogP contribution in [0.1, 0.15) is 15.2 Å². The summed E-state index contributed by atoms with van der Waals surface area (Å²) in [6, 6.07) is 7.86. The summed E-state index contributed by atoms with van der Waals surface area (Å²) in [5, 5.41) is 10.7. The number of hydrogen-bond donors (Lipinski definition) is 1. The molecule has 1 aromatic carbocycles. The van der Waals surface area contributed by atoms with Crippen LogP contribution in [0.2, 0.25) is 0 Å². The predicted molar refractivity (Wildman–Crippen MR) is 59.3 cm³/mol. The topological polar surface area (TPSA) is 39.1 Å². The van der Waals surface area contributed by atoms with E-state index in [4.69, 9.17) is 5.26 Å². The Morgan fingerprint density at radius 2 is 2.38 bits per heavy atom. The van der Waals surface area contributed by atoms with Crippen LogP contribution < -0.4 is 5.43 Å². The number of hydrogen-bond acceptors (Lipinski definition) is 3. The third-order valence-corrected chi connectivity index (χ3v) is 3.58. The van der Waals surface area contributed by atoms with Crippen LogP contribution in [0.5, 0.6) is 0 Å². The average molecular weight is 285 g/mol. The lowest BCUT2D eigenvalue weighted by atomic mass is 10.1. The van der Waals surface area contributed by atoms with Crippen molar-refractivity contribution >= 4 is 28.3 Å². The molecule has 0 bridgehead atoms. The van der Waals surface area contributed by atoms with Crippen LogP contribution in [0.3, 0.4) is 0 Å². The lowest BCUT2D eigenvalue weighted by Crippen LogP contribution is -2.18. The highest BCUT2D eigenvalue weighted by Crippen LogP contribution is 2.38. The van der Waals surface area contributed by atoms with Gasteiger partial charge in [-0.25, -0.2) is 5.01 Å². The van der Waals surface area contributed by atoms with E-state index in [2.05, 4.69) is 34.1 Å². The zero-order chi connectivity index (χ0) is 9.42. The minimum atomic E-state index is 0.348. The third kappa shape index (κ3) is 1.38. The molecule has 1 aliphatic heterocycles. The highest BCUT2D eigenvalue weighted by molar-refractivity contribution is 14.1. The summed E-state index contributed by atoms with van der Waals surface area (Å²) >= 11 is 2.35. The number of fused-ring (bicyclic) bond motifs is 1. The van der Waals surface area contributed by atoms with Crippen LogP contribution in [0.4, 0.5) is 5.69 Å². The molecule has 0 fully saturated rings. The highest BCUT2D eigenvalue weighted by atomic mass is 127. The zero-order valence-corrected chi connectivity index (χ0v) is 9.24. The molecule has 0 amide bonds. The van der Waals surface area contributed by atoms with Crippen molar-refractivity contribution in [3.05, 3.63) is 29.3 Å². The first-order valence-corrected chi connectivity index (χ1v) is 5.14. The fourth-order valence-electron chi connectivity index (χ4n) is 1.39. The number of anilines is 1. The van der Waals surface area contributed by atoms with Crippen molar-refractivity contribution in [1.82, 2.24) is 5.01 Å². The van der Waals surface area contributed by atoms with Crippen molar-refractivity contribution in [3.8, 4) is 6.07 Å². The van der Waals surface area contributed by atoms with E-state index in [0.29, 0.717) is 9.61 Å². The Bertz CT molecular complexity index is 383. The molecule has 13 heavy (non-hydrogen) atoms. The Labute approximate surface area is 90.5 Å². The van der Waals surface area contributed by atoms with Gasteiger partial charge in [0.05, 0.1) is 17.3 Å². The first-order chi connectivity index (χ1) is 6.22. The van der Waals surface area contributed by atoms with Gasteiger partial charge in [-0.1, -0.05) is 28.7 Å². The van der Waals surface area contributed by atoms with Gasteiger partial charge < -0.3 is 5.43 Å². The number of hydrazine groups is 1. The number of benzene rings is 1. The molecule has 0 radical (unpaired) electrons. The van der Waals surface area contributed by atoms with Gasteiger partial charge in [0.2, 0.25) is 0 Å². The van der Waals surface area contributed by atoms with Gasteiger partial charge in [0.25, 0.3) is 0 Å². The first kappa shape index (κ1) is 8.78. The summed E-state index contributed by atoms with van der Waals surface area (Å²) in [4.78, 5) is 0. The van der Waals surface area contributed by atoms with Crippen LogP contribution >= 0.6 is 22.6 Å². The summed E-state index contributed by atoms with van der Waals surface area (Å²) < 4.78 is 0.348.